The lowest BCUT2D eigenvalue weighted by molar-refractivity contribution is -0.138. The number of carboxylic acids is 3. The molecule has 0 aliphatic rings. The number of carbonyl (C=O) groups is 3. The van der Waals surface area contributed by atoms with Crippen LogP contribution in [0.5, 0.6) is 0 Å². The molecule has 36 heavy (non-hydrogen) atoms. The Morgan fingerprint density at radius 3 is 1.44 bits per heavy atom. The average molecular weight is 621 g/mol. The average Bonchev–Trinajstić information content (AvgIpc) is 2.81. The highest BCUT2D eigenvalue weighted by Gasteiger charge is 2.14. The lowest BCUT2D eigenvalue weighted by Gasteiger charge is -2.18. The van der Waals surface area contributed by atoms with Gasteiger partial charge in [-0.3, -0.25) is 14.4 Å². The van der Waals surface area contributed by atoms with Gasteiger partial charge in [-0.2, -0.15) is 25.3 Å². The second-order valence-electron chi connectivity index (χ2n) is 8.74. The first-order valence-electron chi connectivity index (χ1n) is 12.7. The smallest absolute Gasteiger partial charge is 0.303 e. The van der Waals surface area contributed by atoms with Crippen molar-refractivity contribution in [2.24, 2.45) is 0 Å². The third kappa shape index (κ3) is 26.1. The van der Waals surface area contributed by atoms with Crippen LogP contribution in [-0.2, 0) is 14.4 Å². The normalized spacial score (nSPS) is 13.8. The van der Waals surface area contributed by atoms with Crippen molar-refractivity contribution < 1.29 is 29.7 Å². The Kier molecular flexibility index (Phi) is 26.1. The van der Waals surface area contributed by atoms with Crippen molar-refractivity contribution in [3.8, 4) is 0 Å². The Morgan fingerprint density at radius 1 is 0.583 bits per heavy atom. The van der Waals surface area contributed by atoms with E-state index in [0.717, 1.165) is 81.5 Å². The van der Waals surface area contributed by atoms with Crippen LogP contribution < -0.4 is 0 Å². The first-order valence-corrected chi connectivity index (χ1v) is 18.7. The number of hydrogen-bond acceptors (Lipinski definition) is 9. The molecular weight excluding hydrogens is 577 g/mol. The summed E-state index contributed by atoms with van der Waals surface area (Å²) in [7, 11) is 7.57. The Labute approximate surface area is 244 Å². The van der Waals surface area contributed by atoms with Gasteiger partial charge < -0.3 is 15.3 Å². The van der Waals surface area contributed by atoms with Crippen LogP contribution in [0.2, 0.25) is 0 Å². The van der Waals surface area contributed by atoms with Gasteiger partial charge in [0.05, 0.1) is 0 Å². The van der Waals surface area contributed by atoms with E-state index in [-0.39, 0.29) is 19.3 Å². The number of rotatable bonds is 27. The van der Waals surface area contributed by atoms with Crippen LogP contribution in [0.25, 0.3) is 0 Å². The van der Waals surface area contributed by atoms with E-state index >= 15 is 0 Å². The Hall–Kier alpha value is 0.510. The second kappa shape index (κ2) is 25.8. The summed E-state index contributed by atoms with van der Waals surface area (Å²) >= 11 is 9.02. The van der Waals surface area contributed by atoms with Gasteiger partial charge in [-0.25, -0.2) is 0 Å². The van der Waals surface area contributed by atoms with E-state index in [4.69, 9.17) is 15.3 Å². The Bertz CT molecular complexity index is 583. The summed E-state index contributed by atoms with van der Waals surface area (Å²) in [6, 6.07) is 0. The van der Waals surface area contributed by atoms with Gasteiger partial charge in [0, 0.05) is 46.5 Å². The second-order valence-corrected chi connectivity index (χ2v) is 15.5. The first kappa shape index (κ1) is 36.5. The minimum atomic E-state index is -0.739. The molecule has 0 fully saturated rings. The van der Waals surface area contributed by atoms with E-state index in [9.17, 15) is 14.4 Å². The molecule has 3 N–H and O–H groups in total. The molecule has 0 aromatic heterocycles. The summed E-state index contributed by atoms with van der Waals surface area (Å²) < 4.78 is 0. The molecule has 0 saturated carbocycles. The standard InChI is InChI=1S/C24H44O6S6/c25-22(26)10-4-1-7-19(32)14-17-33-36-21(9-3-6-12-24(29)30)15-18-34-35-20(13-16-31)8-2-5-11-23(27)28/h19-21,31-32H,1-18H2,(H,25,26)(H,27,28)(H,29,30). The van der Waals surface area contributed by atoms with E-state index in [2.05, 4.69) is 25.3 Å². The fraction of sp³-hybridized carbons (Fsp3) is 0.875. The summed E-state index contributed by atoms with van der Waals surface area (Å²) in [5.74, 6) is 0.679. The molecule has 0 radical (unpaired) electrons. The third-order valence-electron chi connectivity index (χ3n) is 5.43. The number of thiol groups is 2. The van der Waals surface area contributed by atoms with Gasteiger partial charge >= 0.3 is 17.9 Å². The Balaban J connectivity index is 4.28. The first-order chi connectivity index (χ1) is 17.2. The predicted octanol–water partition coefficient (Wildman–Crippen LogP) is 7.82. The molecule has 6 nitrogen and oxygen atoms in total. The number of unbranched alkanes of at least 4 members (excludes halogenated alkanes) is 3. The minimum Gasteiger partial charge on any atom is -0.481 e. The maximum absolute atomic E-state index is 10.8. The summed E-state index contributed by atoms with van der Waals surface area (Å²) in [6.45, 7) is 0. The van der Waals surface area contributed by atoms with Crippen LogP contribution in [0.1, 0.15) is 96.3 Å². The number of hydrogen-bond donors (Lipinski definition) is 5. The van der Waals surface area contributed by atoms with E-state index in [1.165, 1.54) is 0 Å². The maximum atomic E-state index is 10.8. The van der Waals surface area contributed by atoms with Crippen LogP contribution in [0, 0.1) is 0 Å². The predicted molar refractivity (Wildman–Crippen MR) is 166 cm³/mol. The zero-order valence-electron chi connectivity index (χ0n) is 21.1. The van der Waals surface area contributed by atoms with E-state index in [1.807, 2.05) is 43.2 Å². The van der Waals surface area contributed by atoms with Crippen molar-refractivity contribution in [3.05, 3.63) is 0 Å². The Morgan fingerprint density at radius 2 is 1.00 bits per heavy atom. The molecule has 212 valence electrons. The van der Waals surface area contributed by atoms with Gasteiger partial charge in [0.15, 0.2) is 0 Å². The lowest BCUT2D eigenvalue weighted by atomic mass is 10.1. The molecule has 0 rings (SSSR count). The van der Waals surface area contributed by atoms with Crippen molar-refractivity contribution >= 4 is 86.3 Å². The zero-order valence-corrected chi connectivity index (χ0v) is 26.1. The summed E-state index contributed by atoms with van der Waals surface area (Å²) in [4.78, 5) is 32.1. The zero-order chi connectivity index (χ0) is 27.0. The van der Waals surface area contributed by atoms with Gasteiger partial charge in [0.1, 0.15) is 0 Å². The van der Waals surface area contributed by atoms with Crippen molar-refractivity contribution in [3.63, 3.8) is 0 Å². The number of aliphatic carboxylic acids is 3. The SMILES string of the molecule is O=C(O)CCCCC(S)CCSSC(CCCCC(=O)O)CCSSC(CCS)CCCCC(=O)O. The monoisotopic (exact) mass is 620 g/mol. The van der Waals surface area contributed by atoms with Crippen molar-refractivity contribution in [2.45, 2.75) is 112 Å². The molecule has 0 aromatic rings. The minimum absolute atomic E-state index is 0.227. The van der Waals surface area contributed by atoms with Gasteiger partial charge in [-0.05, 0) is 63.5 Å². The molecule has 0 spiro atoms. The molecule has 3 atom stereocenters. The fourth-order valence-electron chi connectivity index (χ4n) is 3.37. The topological polar surface area (TPSA) is 112 Å². The molecule has 12 heteroatoms. The summed E-state index contributed by atoms with van der Waals surface area (Å²) in [5.41, 5.74) is 0. The molecular formula is C24H44O6S6. The molecule has 0 aliphatic carbocycles. The summed E-state index contributed by atoms with van der Waals surface area (Å²) in [6.07, 6.45) is 11.7. The van der Waals surface area contributed by atoms with Crippen LogP contribution in [0.4, 0.5) is 0 Å². The van der Waals surface area contributed by atoms with Gasteiger partial charge in [0.2, 0.25) is 0 Å². The van der Waals surface area contributed by atoms with Crippen LogP contribution in [-0.4, -0.2) is 66.2 Å². The lowest BCUT2D eigenvalue weighted by Crippen LogP contribution is -2.06. The quantitative estimate of drug-likeness (QED) is 0.0354. The van der Waals surface area contributed by atoms with Gasteiger partial charge in [0.25, 0.3) is 0 Å². The van der Waals surface area contributed by atoms with Crippen molar-refractivity contribution in [1.29, 1.82) is 0 Å². The van der Waals surface area contributed by atoms with E-state index < -0.39 is 17.9 Å². The number of carboxylic acid groups (broad SMARTS) is 3. The highest BCUT2D eigenvalue weighted by molar-refractivity contribution is 8.77. The molecule has 3 unspecified atom stereocenters. The third-order valence-corrected chi connectivity index (χ3v) is 12.2. The molecule has 0 saturated heterocycles. The van der Waals surface area contributed by atoms with E-state index in [1.54, 1.807) is 0 Å². The van der Waals surface area contributed by atoms with Crippen LogP contribution in [0.3, 0.4) is 0 Å². The fourth-order valence-corrected chi connectivity index (χ4v) is 10.3. The van der Waals surface area contributed by atoms with E-state index in [0.29, 0.717) is 28.6 Å². The van der Waals surface area contributed by atoms with Crippen LogP contribution >= 0.6 is 68.4 Å². The highest BCUT2D eigenvalue weighted by atomic mass is 33.1. The highest BCUT2D eigenvalue weighted by Crippen LogP contribution is 2.37. The molecule has 0 aliphatic heterocycles. The molecule has 0 heterocycles. The molecule has 0 amide bonds. The summed E-state index contributed by atoms with van der Waals surface area (Å²) in [5, 5.41) is 27.7. The van der Waals surface area contributed by atoms with Crippen LogP contribution in [0.15, 0.2) is 0 Å². The maximum Gasteiger partial charge on any atom is 0.303 e. The largest absolute Gasteiger partial charge is 0.481 e. The van der Waals surface area contributed by atoms with Gasteiger partial charge in [-0.15, -0.1) is 0 Å². The molecule has 0 bridgehead atoms. The van der Waals surface area contributed by atoms with Crippen molar-refractivity contribution in [2.75, 3.05) is 17.3 Å². The molecule has 0 aromatic carbocycles. The van der Waals surface area contributed by atoms with Crippen molar-refractivity contribution in [1.82, 2.24) is 0 Å². The van der Waals surface area contributed by atoms with Gasteiger partial charge in [-0.1, -0.05) is 62.4 Å².